The van der Waals surface area contributed by atoms with Crippen molar-refractivity contribution in [3.63, 3.8) is 0 Å². The molecule has 0 aliphatic heterocycles. The fourth-order valence-electron chi connectivity index (χ4n) is 1.65. The molecular weight excluding hydrogens is 235 g/mol. The van der Waals surface area contributed by atoms with Crippen molar-refractivity contribution in [3.05, 3.63) is 36.0 Å². The number of aliphatic hydroxyl groups excluding tert-OH is 1. The first-order valence-corrected chi connectivity index (χ1v) is 5.89. The fraction of sp³-hybridized carbons (Fsp3) is 0.385. The van der Waals surface area contributed by atoms with Crippen LogP contribution in [0, 0.1) is 5.82 Å². The number of halogens is 1. The van der Waals surface area contributed by atoms with Gasteiger partial charge in [-0.2, -0.15) is 4.98 Å². The van der Waals surface area contributed by atoms with E-state index in [0.717, 1.165) is 0 Å². The van der Waals surface area contributed by atoms with Gasteiger partial charge in [0.15, 0.2) is 0 Å². The standard InChI is InChI=1S/C13H15FN2O2/c1-3-11(17)8(2)13-15-12(16-18-13)9-4-6-10(14)7-5-9/h4-8,11,17H,3H2,1-2H3. The van der Waals surface area contributed by atoms with Gasteiger partial charge in [0.05, 0.1) is 12.0 Å². The minimum atomic E-state index is -0.508. The lowest BCUT2D eigenvalue weighted by molar-refractivity contribution is 0.129. The van der Waals surface area contributed by atoms with Crippen molar-refractivity contribution >= 4 is 0 Å². The number of hydrogen-bond donors (Lipinski definition) is 1. The van der Waals surface area contributed by atoms with Gasteiger partial charge in [0, 0.05) is 5.56 Å². The Kier molecular flexibility index (Phi) is 3.72. The Hall–Kier alpha value is -1.75. The summed E-state index contributed by atoms with van der Waals surface area (Å²) in [6, 6.07) is 5.86. The van der Waals surface area contributed by atoms with Crippen LogP contribution in [0.2, 0.25) is 0 Å². The maximum absolute atomic E-state index is 12.8. The molecule has 1 N–H and O–H groups in total. The molecule has 0 aliphatic carbocycles. The van der Waals surface area contributed by atoms with Crippen LogP contribution in [0.1, 0.15) is 32.1 Å². The normalized spacial score (nSPS) is 14.4. The highest BCUT2D eigenvalue weighted by Gasteiger charge is 2.21. The van der Waals surface area contributed by atoms with E-state index in [-0.39, 0.29) is 11.7 Å². The first-order valence-electron chi connectivity index (χ1n) is 5.89. The minimum Gasteiger partial charge on any atom is -0.392 e. The zero-order valence-corrected chi connectivity index (χ0v) is 10.3. The van der Waals surface area contributed by atoms with Crippen LogP contribution >= 0.6 is 0 Å². The predicted octanol–water partition coefficient (Wildman–Crippen LogP) is 2.75. The third-order valence-corrected chi connectivity index (χ3v) is 2.93. The number of aromatic nitrogens is 2. The van der Waals surface area contributed by atoms with Gasteiger partial charge in [0.2, 0.25) is 11.7 Å². The van der Waals surface area contributed by atoms with Crippen LogP contribution in [0.5, 0.6) is 0 Å². The molecule has 1 aromatic heterocycles. The topological polar surface area (TPSA) is 59.2 Å². The molecule has 0 spiro atoms. The first kappa shape index (κ1) is 12.7. The average Bonchev–Trinajstić information content (AvgIpc) is 2.87. The van der Waals surface area contributed by atoms with Gasteiger partial charge in [-0.15, -0.1) is 0 Å². The quantitative estimate of drug-likeness (QED) is 0.906. The van der Waals surface area contributed by atoms with E-state index in [1.807, 2.05) is 13.8 Å². The van der Waals surface area contributed by atoms with Crippen LogP contribution < -0.4 is 0 Å². The molecule has 1 heterocycles. The summed E-state index contributed by atoms with van der Waals surface area (Å²) in [7, 11) is 0. The molecule has 0 aliphatic rings. The van der Waals surface area contributed by atoms with Crippen LogP contribution in [0.4, 0.5) is 4.39 Å². The van der Waals surface area contributed by atoms with Gasteiger partial charge in [-0.3, -0.25) is 0 Å². The Morgan fingerprint density at radius 3 is 2.61 bits per heavy atom. The SMILES string of the molecule is CCC(O)C(C)c1nc(-c2ccc(F)cc2)no1. The summed E-state index contributed by atoms with van der Waals surface area (Å²) in [5.41, 5.74) is 0.685. The Morgan fingerprint density at radius 2 is 2.00 bits per heavy atom. The van der Waals surface area contributed by atoms with E-state index < -0.39 is 6.10 Å². The van der Waals surface area contributed by atoms with Crippen LogP contribution in [-0.4, -0.2) is 21.4 Å². The van der Waals surface area contributed by atoms with Crippen molar-refractivity contribution in [3.8, 4) is 11.4 Å². The zero-order chi connectivity index (χ0) is 13.1. The van der Waals surface area contributed by atoms with Gasteiger partial charge in [-0.25, -0.2) is 4.39 Å². The molecule has 0 radical (unpaired) electrons. The average molecular weight is 250 g/mol. The van der Waals surface area contributed by atoms with Gasteiger partial charge >= 0.3 is 0 Å². The smallest absolute Gasteiger partial charge is 0.232 e. The lowest BCUT2D eigenvalue weighted by atomic mass is 10.0. The molecule has 0 saturated heterocycles. The first-order chi connectivity index (χ1) is 8.61. The van der Waals surface area contributed by atoms with Crippen LogP contribution in [-0.2, 0) is 0 Å². The Bertz CT molecular complexity index is 510. The summed E-state index contributed by atoms with van der Waals surface area (Å²) < 4.78 is 17.9. The van der Waals surface area contributed by atoms with Gasteiger partial charge < -0.3 is 9.63 Å². The molecule has 5 heteroatoms. The van der Waals surface area contributed by atoms with Crippen LogP contribution in [0.15, 0.2) is 28.8 Å². The van der Waals surface area contributed by atoms with E-state index in [0.29, 0.717) is 23.7 Å². The molecule has 2 atom stereocenters. The number of hydrogen-bond acceptors (Lipinski definition) is 4. The second-order valence-corrected chi connectivity index (χ2v) is 4.23. The molecule has 0 saturated carbocycles. The number of rotatable bonds is 4. The van der Waals surface area contributed by atoms with E-state index in [9.17, 15) is 9.50 Å². The monoisotopic (exact) mass is 250 g/mol. The third kappa shape index (κ3) is 2.56. The van der Waals surface area contributed by atoms with E-state index in [1.165, 1.54) is 12.1 Å². The number of benzene rings is 1. The molecule has 2 rings (SSSR count). The summed E-state index contributed by atoms with van der Waals surface area (Å²) in [5, 5.41) is 13.6. The highest BCUT2D eigenvalue weighted by Crippen LogP contribution is 2.23. The molecular formula is C13H15FN2O2. The fourth-order valence-corrected chi connectivity index (χ4v) is 1.65. The molecule has 0 amide bonds. The Balaban J connectivity index is 2.22. The van der Waals surface area contributed by atoms with Crippen molar-refractivity contribution in [2.75, 3.05) is 0 Å². The van der Waals surface area contributed by atoms with Gasteiger partial charge in [-0.05, 0) is 30.7 Å². The minimum absolute atomic E-state index is 0.211. The molecule has 0 fully saturated rings. The van der Waals surface area contributed by atoms with Gasteiger partial charge in [0.25, 0.3) is 0 Å². The maximum Gasteiger partial charge on any atom is 0.232 e. The van der Waals surface area contributed by atoms with Crippen LogP contribution in [0.3, 0.4) is 0 Å². The maximum atomic E-state index is 12.8. The van der Waals surface area contributed by atoms with Gasteiger partial charge in [0.1, 0.15) is 5.82 Å². The van der Waals surface area contributed by atoms with Crippen molar-refractivity contribution in [1.82, 2.24) is 10.1 Å². The largest absolute Gasteiger partial charge is 0.392 e. The molecule has 4 nitrogen and oxygen atoms in total. The summed E-state index contributed by atoms with van der Waals surface area (Å²) in [4.78, 5) is 4.22. The molecule has 18 heavy (non-hydrogen) atoms. The molecule has 2 aromatic rings. The van der Waals surface area contributed by atoms with E-state index >= 15 is 0 Å². The third-order valence-electron chi connectivity index (χ3n) is 2.93. The lowest BCUT2D eigenvalue weighted by Gasteiger charge is -2.11. The van der Waals surface area contributed by atoms with Crippen molar-refractivity contribution < 1.29 is 14.0 Å². The predicted molar refractivity (Wildman–Crippen MR) is 64.4 cm³/mol. The lowest BCUT2D eigenvalue weighted by Crippen LogP contribution is -2.14. The van der Waals surface area contributed by atoms with Crippen LogP contribution in [0.25, 0.3) is 11.4 Å². The summed E-state index contributed by atoms with van der Waals surface area (Å²) in [6.07, 6.45) is 0.113. The summed E-state index contributed by atoms with van der Waals surface area (Å²) >= 11 is 0. The summed E-state index contributed by atoms with van der Waals surface area (Å²) in [5.74, 6) is 0.276. The van der Waals surface area contributed by atoms with E-state index in [1.54, 1.807) is 12.1 Å². The summed E-state index contributed by atoms with van der Waals surface area (Å²) in [6.45, 7) is 3.72. The number of nitrogens with zero attached hydrogens (tertiary/aromatic N) is 2. The zero-order valence-electron chi connectivity index (χ0n) is 10.3. The Morgan fingerprint density at radius 1 is 1.33 bits per heavy atom. The molecule has 1 aromatic carbocycles. The second-order valence-electron chi connectivity index (χ2n) is 4.23. The Labute approximate surface area is 104 Å². The van der Waals surface area contributed by atoms with Crippen molar-refractivity contribution in [2.24, 2.45) is 0 Å². The van der Waals surface area contributed by atoms with E-state index in [4.69, 9.17) is 4.52 Å². The van der Waals surface area contributed by atoms with E-state index in [2.05, 4.69) is 10.1 Å². The molecule has 96 valence electrons. The second kappa shape index (κ2) is 5.27. The van der Waals surface area contributed by atoms with Gasteiger partial charge in [-0.1, -0.05) is 19.0 Å². The van der Waals surface area contributed by atoms with Crippen molar-refractivity contribution in [1.29, 1.82) is 0 Å². The highest BCUT2D eigenvalue weighted by atomic mass is 19.1. The number of aliphatic hydroxyl groups is 1. The molecule has 0 bridgehead atoms. The molecule has 2 unspecified atom stereocenters. The highest BCUT2D eigenvalue weighted by molar-refractivity contribution is 5.53. The van der Waals surface area contributed by atoms with Crippen molar-refractivity contribution in [2.45, 2.75) is 32.3 Å².